The third-order valence-electron chi connectivity index (χ3n) is 2.65. The van der Waals surface area contributed by atoms with Crippen LogP contribution < -0.4 is 0 Å². The van der Waals surface area contributed by atoms with Gasteiger partial charge in [0.15, 0.2) is 23.2 Å². The Labute approximate surface area is 113 Å². The molecule has 0 aromatic heterocycles. The van der Waals surface area contributed by atoms with Crippen LogP contribution in [0.25, 0.3) is 0 Å². The maximum atomic E-state index is 13.0. The molecule has 0 bridgehead atoms. The van der Waals surface area contributed by atoms with Crippen LogP contribution in [0, 0.1) is 17.5 Å². The number of rotatable bonds is 5. The van der Waals surface area contributed by atoms with Gasteiger partial charge in [0, 0.05) is 5.56 Å². The topological polar surface area (TPSA) is 26.3 Å². The number of benzene rings is 2. The third kappa shape index (κ3) is 3.45. The van der Waals surface area contributed by atoms with Crippen molar-refractivity contribution in [2.24, 2.45) is 0 Å². The number of carbonyl (C=O) groups excluding carboxylic acids is 1. The molecule has 0 aliphatic rings. The molecule has 0 saturated carbocycles. The Morgan fingerprint density at radius 2 is 1.60 bits per heavy atom. The Morgan fingerprint density at radius 1 is 1.00 bits per heavy atom. The van der Waals surface area contributed by atoms with Crippen LogP contribution in [-0.2, 0) is 11.3 Å². The lowest BCUT2D eigenvalue weighted by Crippen LogP contribution is -2.10. The van der Waals surface area contributed by atoms with E-state index in [4.69, 9.17) is 4.74 Å². The molecule has 0 aliphatic heterocycles. The normalized spacial score (nSPS) is 10.6. The van der Waals surface area contributed by atoms with Crippen LogP contribution in [0.3, 0.4) is 0 Å². The van der Waals surface area contributed by atoms with Crippen molar-refractivity contribution in [1.29, 1.82) is 0 Å². The molecule has 0 N–H and O–H groups in total. The first-order chi connectivity index (χ1) is 9.58. The van der Waals surface area contributed by atoms with E-state index in [9.17, 15) is 18.0 Å². The van der Waals surface area contributed by atoms with Crippen molar-refractivity contribution in [3.63, 3.8) is 0 Å². The van der Waals surface area contributed by atoms with Crippen molar-refractivity contribution in [1.82, 2.24) is 0 Å². The highest BCUT2D eigenvalue weighted by molar-refractivity contribution is 5.97. The van der Waals surface area contributed by atoms with E-state index in [1.165, 1.54) is 0 Å². The Kier molecular flexibility index (Phi) is 4.53. The molecular formula is C15H11F3O2. The summed E-state index contributed by atoms with van der Waals surface area (Å²) in [6.45, 7) is -0.127. The van der Waals surface area contributed by atoms with E-state index in [-0.39, 0.29) is 18.8 Å². The second-order valence-corrected chi connectivity index (χ2v) is 4.16. The van der Waals surface area contributed by atoms with Gasteiger partial charge in [-0.3, -0.25) is 4.79 Å². The molecule has 0 heterocycles. The lowest BCUT2D eigenvalue weighted by atomic mass is 10.1. The van der Waals surface area contributed by atoms with Gasteiger partial charge in [-0.1, -0.05) is 30.3 Å². The summed E-state index contributed by atoms with van der Waals surface area (Å²) in [6.07, 6.45) is 0. The molecule has 2 nitrogen and oxygen atoms in total. The predicted octanol–water partition coefficient (Wildman–Crippen LogP) is 3.50. The average Bonchev–Trinajstić information content (AvgIpc) is 2.45. The van der Waals surface area contributed by atoms with Gasteiger partial charge in [0.25, 0.3) is 0 Å². The standard InChI is InChI=1S/C15H11F3O2/c16-12-6-11(7-13(17)15(12)18)14(19)9-20-8-10-4-2-1-3-5-10/h1-7H,8-9H2. The third-order valence-corrected chi connectivity index (χ3v) is 2.65. The van der Waals surface area contributed by atoms with Crippen LogP contribution in [0.2, 0.25) is 0 Å². The van der Waals surface area contributed by atoms with Gasteiger partial charge in [-0.25, -0.2) is 13.2 Å². The van der Waals surface area contributed by atoms with E-state index in [0.29, 0.717) is 12.1 Å². The minimum Gasteiger partial charge on any atom is -0.369 e. The van der Waals surface area contributed by atoms with Crippen LogP contribution in [0.15, 0.2) is 42.5 Å². The summed E-state index contributed by atoms with van der Waals surface area (Å²) >= 11 is 0. The van der Waals surface area contributed by atoms with Crippen LogP contribution in [0.5, 0.6) is 0 Å². The second-order valence-electron chi connectivity index (χ2n) is 4.16. The molecule has 104 valence electrons. The molecule has 0 atom stereocenters. The fraction of sp³-hybridized carbons (Fsp3) is 0.133. The van der Waals surface area contributed by atoms with E-state index in [0.717, 1.165) is 5.56 Å². The number of carbonyl (C=O) groups is 1. The number of Topliss-reactive ketones (excluding diaryl/α,β-unsaturated/α-hetero) is 1. The SMILES string of the molecule is O=C(COCc1ccccc1)c1cc(F)c(F)c(F)c1. The van der Waals surface area contributed by atoms with Crippen molar-refractivity contribution in [2.45, 2.75) is 6.61 Å². The molecule has 0 amide bonds. The van der Waals surface area contributed by atoms with Crippen LogP contribution in [0.4, 0.5) is 13.2 Å². The van der Waals surface area contributed by atoms with Crippen molar-refractivity contribution >= 4 is 5.78 Å². The van der Waals surface area contributed by atoms with Crippen LogP contribution >= 0.6 is 0 Å². The van der Waals surface area contributed by atoms with Gasteiger partial charge in [-0.2, -0.15) is 0 Å². The lowest BCUT2D eigenvalue weighted by Gasteiger charge is -2.05. The first-order valence-corrected chi connectivity index (χ1v) is 5.87. The van der Waals surface area contributed by atoms with Gasteiger partial charge in [0.2, 0.25) is 0 Å². The summed E-state index contributed by atoms with van der Waals surface area (Å²) in [6, 6.07) is 10.5. The van der Waals surface area contributed by atoms with E-state index < -0.39 is 23.2 Å². The number of ether oxygens (including phenoxy) is 1. The van der Waals surface area contributed by atoms with Crippen molar-refractivity contribution in [3.05, 3.63) is 71.0 Å². The van der Waals surface area contributed by atoms with E-state index in [1.807, 2.05) is 30.3 Å². The molecule has 0 unspecified atom stereocenters. The summed E-state index contributed by atoms with van der Waals surface area (Å²) in [7, 11) is 0. The number of hydrogen-bond acceptors (Lipinski definition) is 2. The van der Waals surface area contributed by atoms with Gasteiger partial charge in [0.05, 0.1) is 6.61 Å². The molecule has 2 aromatic carbocycles. The maximum absolute atomic E-state index is 13.0. The Balaban J connectivity index is 1.95. The molecule has 0 aliphatic carbocycles. The highest BCUT2D eigenvalue weighted by atomic mass is 19.2. The summed E-state index contributed by atoms with van der Waals surface area (Å²) in [5, 5.41) is 0. The summed E-state index contributed by atoms with van der Waals surface area (Å²) in [5.41, 5.74) is 0.617. The zero-order valence-electron chi connectivity index (χ0n) is 10.4. The lowest BCUT2D eigenvalue weighted by molar-refractivity contribution is 0.0725. The van der Waals surface area contributed by atoms with Gasteiger partial charge < -0.3 is 4.74 Å². The number of ketones is 1. The van der Waals surface area contributed by atoms with Gasteiger partial charge >= 0.3 is 0 Å². The van der Waals surface area contributed by atoms with Gasteiger partial charge in [-0.15, -0.1) is 0 Å². The maximum Gasteiger partial charge on any atom is 0.194 e. The van der Waals surface area contributed by atoms with Crippen molar-refractivity contribution in [2.75, 3.05) is 6.61 Å². The minimum atomic E-state index is -1.59. The monoisotopic (exact) mass is 280 g/mol. The molecule has 5 heteroatoms. The van der Waals surface area contributed by atoms with Gasteiger partial charge in [0.1, 0.15) is 6.61 Å². The zero-order chi connectivity index (χ0) is 14.5. The minimum absolute atomic E-state index is 0.207. The molecule has 0 spiro atoms. The van der Waals surface area contributed by atoms with E-state index in [2.05, 4.69) is 0 Å². The van der Waals surface area contributed by atoms with Crippen molar-refractivity contribution < 1.29 is 22.7 Å². The predicted molar refractivity (Wildman–Crippen MR) is 66.7 cm³/mol. The molecule has 2 rings (SSSR count). The average molecular weight is 280 g/mol. The smallest absolute Gasteiger partial charge is 0.194 e. The molecule has 0 fully saturated rings. The first kappa shape index (κ1) is 14.3. The molecule has 0 saturated heterocycles. The summed E-state index contributed by atoms with van der Waals surface area (Å²) in [5.74, 6) is -4.99. The first-order valence-electron chi connectivity index (χ1n) is 5.87. The quantitative estimate of drug-likeness (QED) is 0.619. The van der Waals surface area contributed by atoms with E-state index in [1.54, 1.807) is 0 Å². The molecule has 0 radical (unpaired) electrons. The van der Waals surface area contributed by atoms with Crippen LogP contribution in [-0.4, -0.2) is 12.4 Å². The van der Waals surface area contributed by atoms with Crippen molar-refractivity contribution in [3.8, 4) is 0 Å². The number of hydrogen-bond donors (Lipinski definition) is 0. The summed E-state index contributed by atoms with van der Waals surface area (Å²) in [4.78, 5) is 11.7. The fourth-order valence-corrected chi connectivity index (χ4v) is 1.64. The Hall–Kier alpha value is -2.14. The fourth-order valence-electron chi connectivity index (χ4n) is 1.64. The number of halogens is 3. The molecule has 2 aromatic rings. The molecule has 20 heavy (non-hydrogen) atoms. The van der Waals surface area contributed by atoms with Gasteiger partial charge in [-0.05, 0) is 17.7 Å². The Bertz CT molecular complexity index is 589. The Morgan fingerprint density at radius 3 is 2.20 bits per heavy atom. The summed E-state index contributed by atoms with van der Waals surface area (Å²) < 4.78 is 43.9. The molecular weight excluding hydrogens is 269 g/mol. The zero-order valence-corrected chi connectivity index (χ0v) is 10.4. The van der Waals surface area contributed by atoms with Crippen LogP contribution in [0.1, 0.15) is 15.9 Å². The highest BCUT2D eigenvalue weighted by Crippen LogP contribution is 2.14. The highest BCUT2D eigenvalue weighted by Gasteiger charge is 2.15. The second kappa shape index (κ2) is 6.34. The van der Waals surface area contributed by atoms with E-state index >= 15 is 0 Å². The largest absolute Gasteiger partial charge is 0.369 e.